The Labute approximate surface area is 173 Å². The standard InChI is InChI=1S/C22H28N2O3.ClH/c1-16(21(23)17-9-3-2-4-10-17)22(25)24-19-12-5-6-13-20(19)27-15-18-11-7-8-14-26-18;/h2-6,9-10,12-13,16,18,21H,7-8,11,14-15,23H2,1H3,(H,24,25);1H. The molecule has 1 aliphatic rings. The summed E-state index contributed by atoms with van der Waals surface area (Å²) in [6.45, 7) is 3.12. The molecule has 5 nitrogen and oxygen atoms in total. The largest absolute Gasteiger partial charge is 0.489 e. The zero-order chi connectivity index (χ0) is 19.1. The fraction of sp³-hybridized carbons (Fsp3) is 0.409. The summed E-state index contributed by atoms with van der Waals surface area (Å²) in [6, 6.07) is 16.8. The van der Waals surface area contributed by atoms with Crippen LogP contribution in [0.15, 0.2) is 54.6 Å². The van der Waals surface area contributed by atoms with Gasteiger partial charge in [-0.05, 0) is 37.0 Å². The summed E-state index contributed by atoms with van der Waals surface area (Å²) in [7, 11) is 0. The first-order valence-electron chi connectivity index (χ1n) is 9.60. The van der Waals surface area contributed by atoms with E-state index < -0.39 is 0 Å². The van der Waals surface area contributed by atoms with Crippen molar-refractivity contribution in [3.63, 3.8) is 0 Å². The molecule has 0 spiro atoms. The van der Waals surface area contributed by atoms with Gasteiger partial charge in [0, 0.05) is 12.6 Å². The number of hydrogen-bond donors (Lipinski definition) is 2. The molecule has 2 aromatic carbocycles. The van der Waals surface area contributed by atoms with Crippen LogP contribution in [-0.4, -0.2) is 25.2 Å². The number of carbonyl (C=O) groups is 1. The monoisotopic (exact) mass is 404 g/mol. The molecule has 28 heavy (non-hydrogen) atoms. The van der Waals surface area contributed by atoms with Crippen LogP contribution in [0.3, 0.4) is 0 Å². The van der Waals surface area contributed by atoms with E-state index in [1.54, 1.807) is 0 Å². The van der Waals surface area contributed by atoms with Crippen molar-refractivity contribution in [1.82, 2.24) is 0 Å². The molecular weight excluding hydrogens is 376 g/mol. The van der Waals surface area contributed by atoms with Gasteiger partial charge in [0.15, 0.2) is 0 Å². The highest BCUT2D eigenvalue weighted by Gasteiger charge is 2.23. The average molecular weight is 405 g/mol. The first kappa shape index (κ1) is 22.2. The summed E-state index contributed by atoms with van der Waals surface area (Å²) in [5, 5.41) is 2.96. The van der Waals surface area contributed by atoms with Crippen molar-refractivity contribution < 1.29 is 14.3 Å². The van der Waals surface area contributed by atoms with E-state index in [1.165, 1.54) is 6.42 Å². The second-order valence-electron chi connectivity index (χ2n) is 7.01. The average Bonchev–Trinajstić information content (AvgIpc) is 2.73. The van der Waals surface area contributed by atoms with Gasteiger partial charge in [-0.15, -0.1) is 12.4 Å². The number of nitrogens with two attached hydrogens (primary N) is 1. The van der Waals surface area contributed by atoms with Crippen LogP contribution in [0.2, 0.25) is 0 Å². The predicted molar refractivity (Wildman–Crippen MR) is 114 cm³/mol. The van der Waals surface area contributed by atoms with Gasteiger partial charge in [0.1, 0.15) is 12.4 Å². The molecule has 1 saturated heterocycles. The molecule has 3 N–H and O–H groups in total. The Morgan fingerprint density at radius 2 is 1.89 bits per heavy atom. The quantitative estimate of drug-likeness (QED) is 0.720. The maximum Gasteiger partial charge on any atom is 0.229 e. The summed E-state index contributed by atoms with van der Waals surface area (Å²) in [4.78, 5) is 12.7. The number of nitrogens with one attached hydrogen (secondary N) is 1. The van der Waals surface area contributed by atoms with Gasteiger partial charge in [-0.3, -0.25) is 4.79 Å². The molecular formula is C22H29ClN2O3. The molecule has 1 heterocycles. The van der Waals surface area contributed by atoms with E-state index in [2.05, 4.69) is 5.32 Å². The minimum Gasteiger partial charge on any atom is -0.489 e. The van der Waals surface area contributed by atoms with Crippen LogP contribution < -0.4 is 15.8 Å². The lowest BCUT2D eigenvalue weighted by molar-refractivity contribution is -0.120. The Hall–Kier alpha value is -2.08. The number of halogens is 1. The Kier molecular flexibility index (Phi) is 8.77. The molecule has 3 atom stereocenters. The van der Waals surface area contributed by atoms with E-state index in [0.29, 0.717) is 18.0 Å². The summed E-state index contributed by atoms with van der Waals surface area (Å²) in [5.74, 6) is 0.152. The molecule has 1 fully saturated rings. The van der Waals surface area contributed by atoms with E-state index in [9.17, 15) is 4.79 Å². The van der Waals surface area contributed by atoms with Gasteiger partial charge >= 0.3 is 0 Å². The number of amides is 1. The number of ether oxygens (including phenoxy) is 2. The third kappa shape index (κ3) is 5.96. The molecule has 1 amide bonds. The molecule has 0 radical (unpaired) electrons. The van der Waals surface area contributed by atoms with Crippen LogP contribution in [0.5, 0.6) is 5.75 Å². The molecule has 0 aliphatic carbocycles. The SMILES string of the molecule is CC(C(=O)Nc1ccccc1OCC1CCCCO1)C(N)c1ccccc1.Cl. The third-order valence-electron chi connectivity index (χ3n) is 4.98. The number of para-hydroxylation sites is 2. The minimum atomic E-state index is -0.373. The lowest BCUT2D eigenvalue weighted by atomic mass is 9.94. The number of carbonyl (C=O) groups excluding carboxylic acids is 1. The molecule has 3 unspecified atom stereocenters. The topological polar surface area (TPSA) is 73.6 Å². The fourth-order valence-corrected chi connectivity index (χ4v) is 3.19. The van der Waals surface area contributed by atoms with Crippen LogP contribution in [0.1, 0.15) is 37.8 Å². The van der Waals surface area contributed by atoms with Gasteiger partial charge in [0.05, 0.1) is 17.7 Å². The van der Waals surface area contributed by atoms with Crippen molar-refractivity contribution in [2.24, 2.45) is 11.7 Å². The summed E-state index contributed by atoms with van der Waals surface area (Å²) < 4.78 is 11.6. The van der Waals surface area contributed by atoms with Crippen molar-refractivity contribution >= 4 is 24.0 Å². The van der Waals surface area contributed by atoms with Crippen molar-refractivity contribution in [2.45, 2.75) is 38.3 Å². The smallest absolute Gasteiger partial charge is 0.229 e. The van der Waals surface area contributed by atoms with Gasteiger partial charge in [-0.25, -0.2) is 0 Å². The van der Waals surface area contributed by atoms with Crippen molar-refractivity contribution in [3.05, 3.63) is 60.2 Å². The second kappa shape index (κ2) is 11.1. The van der Waals surface area contributed by atoms with Crippen LogP contribution in [-0.2, 0) is 9.53 Å². The lowest BCUT2D eigenvalue weighted by Crippen LogP contribution is -2.31. The Balaban J connectivity index is 0.00000280. The number of rotatable bonds is 7. The van der Waals surface area contributed by atoms with Gasteiger partial charge in [0.2, 0.25) is 5.91 Å². The van der Waals surface area contributed by atoms with Gasteiger partial charge in [0.25, 0.3) is 0 Å². The second-order valence-corrected chi connectivity index (χ2v) is 7.01. The maximum atomic E-state index is 12.7. The van der Waals surface area contributed by atoms with Gasteiger partial charge in [-0.1, -0.05) is 49.4 Å². The summed E-state index contributed by atoms with van der Waals surface area (Å²) in [6.07, 6.45) is 3.41. The van der Waals surface area contributed by atoms with E-state index in [1.807, 2.05) is 61.5 Å². The molecule has 2 aromatic rings. The van der Waals surface area contributed by atoms with Crippen molar-refractivity contribution in [1.29, 1.82) is 0 Å². The van der Waals surface area contributed by atoms with Crippen LogP contribution in [0, 0.1) is 5.92 Å². The minimum absolute atomic E-state index is 0. The first-order chi connectivity index (χ1) is 13.1. The highest BCUT2D eigenvalue weighted by atomic mass is 35.5. The maximum absolute atomic E-state index is 12.7. The normalized spacial score (nSPS) is 18.4. The summed E-state index contributed by atoms with van der Waals surface area (Å²) in [5.41, 5.74) is 7.88. The van der Waals surface area contributed by atoms with Crippen molar-refractivity contribution in [2.75, 3.05) is 18.5 Å². The van der Waals surface area contributed by atoms with Gasteiger partial charge < -0.3 is 20.5 Å². The zero-order valence-electron chi connectivity index (χ0n) is 16.2. The van der Waals surface area contributed by atoms with E-state index in [0.717, 1.165) is 25.0 Å². The lowest BCUT2D eigenvalue weighted by Gasteiger charge is -2.24. The van der Waals surface area contributed by atoms with Crippen LogP contribution >= 0.6 is 12.4 Å². The number of hydrogen-bond acceptors (Lipinski definition) is 4. The molecule has 3 rings (SSSR count). The molecule has 0 bridgehead atoms. The predicted octanol–water partition coefficient (Wildman–Crippen LogP) is 4.33. The summed E-state index contributed by atoms with van der Waals surface area (Å²) >= 11 is 0. The molecule has 152 valence electrons. The molecule has 1 aliphatic heterocycles. The Bertz CT molecular complexity index is 736. The molecule has 0 saturated carbocycles. The highest BCUT2D eigenvalue weighted by Crippen LogP contribution is 2.27. The zero-order valence-corrected chi connectivity index (χ0v) is 17.0. The molecule has 0 aromatic heterocycles. The van der Waals surface area contributed by atoms with E-state index in [4.69, 9.17) is 15.2 Å². The van der Waals surface area contributed by atoms with E-state index in [-0.39, 0.29) is 36.4 Å². The van der Waals surface area contributed by atoms with Gasteiger partial charge in [-0.2, -0.15) is 0 Å². The van der Waals surface area contributed by atoms with E-state index >= 15 is 0 Å². The van der Waals surface area contributed by atoms with Crippen LogP contribution in [0.4, 0.5) is 5.69 Å². The van der Waals surface area contributed by atoms with Crippen LogP contribution in [0.25, 0.3) is 0 Å². The fourth-order valence-electron chi connectivity index (χ4n) is 3.19. The Morgan fingerprint density at radius 1 is 1.18 bits per heavy atom. The highest BCUT2D eigenvalue weighted by molar-refractivity contribution is 5.94. The number of anilines is 1. The Morgan fingerprint density at radius 3 is 2.61 bits per heavy atom. The molecule has 6 heteroatoms. The number of benzene rings is 2. The first-order valence-corrected chi connectivity index (χ1v) is 9.60. The third-order valence-corrected chi connectivity index (χ3v) is 4.98. The van der Waals surface area contributed by atoms with Crippen molar-refractivity contribution in [3.8, 4) is 5.75 Å².